The lowest BCUT2D eigenvalue weighted by Gasteiger charge is -2.30. The largest absolute Gasteiger partial charge is 0.389 e. The maximum absolute atomic E-state index is 13.6. The summed E-state index contributed by atoms with van der Waals surface area (Å²) in [6, 6.07) is 23.1. The van der Waals surface area contributed by atoms with E-state index in [1.807, 2.05) is 54.6 Å². The molecule has 1 aliphatic rings. The van der Waals surface area contributed by atoms with E-state index < -0.39 is 29.1 Å². The summed E-state index contributed by atoms with van der Waals surface area (Å²) in [5, 5.41) is 7.43. The fourth-order valence-electron chi connectivity index (χ4n) is 3.92. The lowest BCUT2D eigenvalue weighted by Crippen LogP contribution is -2.53. The Kier molecular flexibility index (Phi) is 7.52. The minimum atomic E-state index is -1.64. The molecule has 0 bridgehead atoms. The fourth-order valence-corrected chi connectivity index (χ4v) is 5.13. The highest BCUT2D eigenvalue weighted by Gasteiger charge is 2.44. The molecular weight excluding hydrogens is 476 g/mol. The molecular formula is C27H26N4O4S. The molecule has 0 aliphatic carbocycles. The van der Waals surface area contributed by atoms with E-state index in [4.69, 9.17) is 21.6 Å². The molecule has 0 radical (unpaired) electrons. The van der Waals surface area contributed by atoms with E-state index in [0.29, 0.717) is 25.1 Å². The third kappa shape index (κ3) is 5.81. The second-order valence-electron chi connectivity index (χ2n) is 8.49. The van der Waals surface area contributed by atoms with Gasteiger partial charge in [0.15, 0.2) is 4.87 Å². The van der Waals surface area contributed by atoms with Crippen LogP contribution in [0.4, 0.5) is 0 Å². The molecule has 1 unspecified atom stereocenters. The van der Waals surface area contributed by atoms with E-state index in [0.717, 1.165) is 27.8 Å². The smallest absolute Gasteiger partial charge is 0.345 e. The zero-order valence-electron chi connectivity index (χ0n) is 19.5. The second-order valence-corrected chi connectivity index (χ2v) is 9.86. The van der Waals surface area contributed by atoms with Gasteiger partial charge in [-0.15, -0.1) is 0 Å². The monoisotopic (exact) mass is 502 g/mol. The van der Waals surface area contributed by atoms with Gasteiger partial charge in [0.25, 0.3) is 5.91 Å². The van der Waals surface area contributed by atoms with Crippen molar-refractivity contribution >= 4 is 35.4 Å². The van der Waals surface area contributed by atoms with Crippen molar-refractivity contribution < 1.29 is 19.1 Å². The first-order valence-electron chi connectivity index (χ1n) is 11.3. The van der Waals surface area contributed by atoms with E-state index in [1.165, 1.54) is 24.3 Å². The van der Waals surface area contributed by atoms with Crippen molar-refractivity contribution in [2.75, 3.05) is 6.54 Å². The topological polar surface area (TPSA) is 140 Å². The average molecular weight is 503 g/mol. The number of amides is 1. The van der Waals surface area contributed by atoms with E-state index in [-0.39, 0.29) is 11.4 Å². The Hall–Kier alpha value is -3.95. The first kappa shape index (κ1) is 25.2. The number of esters is 2. The minimum Gasteiger partial charge on any atom is -0.389 e. The predicted octanol–water partition coefficient (Wildman–Crippen LogP) is 3.08. The Balaban J connectivity index is 1.50. The van der Waals surface area contributed by atoms with Crippen molar-refractivity contribution in [2.24, 2.45) is 11.5 Å². The third-order valence-electron chi connectivity index (χ3n) is 5.83. The molecule has 3 aromatic carbocycles. The van der Waals surface area contributed by atoms with Crippen LogP contribution in [-0.2, 0) is 27.3 Å². The van der Waals surface area contributed by atoms with Crippen molar-refractivity contribution in [2.45, 2.75) is 29.2 Å². The van der Waals surface area contributed by atoms with E-state index in [1.54, 1.807) is 4.90 Å². The number of rotatable bonds is 7. The lowest BCUT2D eigenvalue weighted by molar-refractivity contribution is -0.143. The number of carbonyl (C=O) groups excluding carboxylic acids is 3. The van der Waals surface area contributed by atoms with Gasteiger partial charge in [-0.2, -0.15) is 0 Å². The molecule has 36 heavy (non-hydrogen) atoms. The van der Waals surface area contributed by atoms with E-state index in [2.05, 4.69) is 0 Å². The van der Waals surface area contributed by atoms with Gasteiger partial charge in [-0.25, -0.2) is 4.79 Å². The summed E-state index contributed by atoms with van der Waals surface area (Å²) in [6.07, 6.45) is 0.151. The van der Waals surface area contributed by atoms with Gasteiger partial charge in [0.1, 0.15) is 5.84 Å². The number of nitrogen functional groups attached to an aromatic ring is 1. The van der Waals surface area contributed by atoms with Crippen LogP contribution in [0.25, 0.3) is 0 Å². The van der Waals surface area contributed by atoms with Crippen LogP contribution < -0.4 is 11.5 Å². The first-order valence-corrected chi connectivity index (χ1v) is 12.2. The standard InChI is InChI=1S/C27H26N4O4S/c28-24(29)19-10-12-20(13-11-19)25(33)35-23(32)16-27(30)26(34)31(15-14-18-6-2-1-3-7-18)17-21-8-4-5-9-22(21)36-27/h1-13H,14-17,30H2,(H3,28,29). The molecule has 1 aliphatic heterocycles. The van der Waals surface area contributed by atoms with Crippen LogP contribution in [0.15, 0.2) is 83.8 Å². The number of carbonyl (C=O) groups is 3. The van der Waals surface area contributed by atoms with Crippen LogP contribution in [0.3, 0.4) is 0 Å². The summed E-state index contributed by atoms with van der Waals surface area (Å²) >= 11 is 1.11. The SMILES string of the molecule is N=C(N)c1ccc(C(=O)OC(=O)CC2(N)Sc3ccccc3CN(CCc3ccccc3)C2=O)cc1. The van der Waals surface area contributed by atoms with Crippen LogP contribution in [0.5, 0.6) is 0 Å². The molecule has 0 spiro atoms. The minimum absolute atomic E-state index is 0.120. The molecule has 4 rings (SSSR count). The molecule has 0 fully saturated rings. The van der Waals surface area contributed by atoms with Gasteiger partial charge in [0.2, 0.25) is 0 Å². The average Bonchev–Trinajstić information content (AvgIpc) is 2.97. The molecule has 8 nitrogen and oxygen atoms in total. The van der Waals surface area contributed by atoms with Crippen LogP contribution in [-0.4, -0.2) is 40.0 Å². The molecule has 1 amide bonds. The fraction of sp³-hybridized carbons (Fsp3) is 0.185. The highest BCUT2D eigenvalue weighted by molar-refractivity contribution is 8.01. The zero-order valence-corrected chi connectivity index (χ0v) is 20.3. The Morgan fingerprint density at radius 1 is 0.972 bits per heavy atom. The van der Waals surface area contributed by atoms with Gasteiger partial charge in [0.05, 0.1) is 12.0 Å². The highest BCUT2D eigenvalue weighted by Crippen LogP contribution is 2.39. The number of benzene rings is 3. The number of thioether (sulfide) groups is 1. The third-order valence-corrected chi connectivity index (χ3v) is 7.13. The quantitative estimate of drug-likeness (QED) is 0.195. The Bertz CT molecular complexity index is 1300. The van der Waals surface area contributed by atoms with Crippen molar-refractivity contribution in [3.8, 4) is 0 Å². The summed E-state index contributed by atoms with van der Waals surface area (Å²) in [6.45, 7) is 0.789. The summed E-state index contributed by atoms with van der Waals surface area (Å²) in [5.74, 6) is -2.31. The zero-order chi connectivity index (χ0) is 25.7. The van der Waals surface area contributed by atoms with Gasteiger partial charge in [-0.05, 0) is 35.7 Å². The maximum atomic E-state index is 13.6. The van der Waals surface area contributed by atoms with Crippen molar-refractivity contribution in [1.29, 1.82) is 5.41 Å². The number of ether oxygens (including phenoxy) is 1. The predicted molar refractivity (Wildman–Crippen MR) is 137 cm³/mol. The van der Waals surface area contributed by atoms with Gasteiger partial charge in [-0.1, -0.05) is 72.4 Å². The van der Waals surface area contributed by atoms with Crippen LogP contribution in [0.1, 0.15) is 33.5 Å². The molecule has 9 heteroatoms. The number of hydrogen-bond acceptors (Lipinski definition) is 7. The van der Waals surface area contributed by atoms with E-state index in [9.17, 15) is 14.4 Å². The molecule has 3 aromatic rings. The van der Waals surface area contributed by atoms with Gasteiger partial charge < -0.3 is 21.1 Å². The summed E-state index contributed by atoms with van der Waals surface area (Å²) < 4.78 is 5.02. The van der Waals surface area contributed by atoms with Crippen molar-refractivity contribution in [1.82, 2.24) is 4.90 Å². The van der Waals surface area contributed by atoms with Crippen molar-refractivity contribution in [3.05, 3.63) is 101 Å². The van der Waals surface area contributed by atoms with Crippen LogP contribution in [0, 0.1) is 5.41 Å². The van der Waals surface area contributed by atoms with Crippen LogP contribution in [0.2, 0.25) is 0 Å². The number of amidine groups is 1. The second kappa shape index (κ2) is 10.8. The normalized spacial score (nSPS) is 17.1. The Morgan fingerprint density at radius 3 is 2.31 bits per heavy atom. The number of nitrogens with one attached hydrogen (secondary N) is 1. The summed E-state index contributed by atoms with van der Waals surface area (Å²) in [7, 11) is 0. The highest BCUT2D eigenvalue weighted by atomic mass is 32.2. The molecule has 5 N–H and O–H groups in total. The summed E-state index contributed by atoms with van der Waals surface area (Å²) in [5.41, 5.74) is 14.6. The van der Waals surface area contributed by atoms with Gasteiger partial charge >= 0.3 is 11.9 Å². The molecule has 0 saturated heterocycles. The molecule has 184 valence electrons. The van der Waals surface area contributed by atoms with Crippen LogP contribution >= 0.6 is 11.8 Å². The van der Waals surface area contributed by atoms with E-state index >= 15 is 0 Å². The maximum Gasteiger partial charge on any atom is 0.345 e. The number of nitrogens with two attached hydrogens (primary N) is 2. The molecule has 0 aromatic heterocycles. The lowest BCUT2D eigenvalue weighted by atomic mass is 10.1. The number of nitrogens with zero attached hydrogens (tertiary/aromatic N) is 1. The number of hydrogen-bond donors (Lipinski definition) is 3. The Labute approximate surface area is 213 Å². The molecule has 0 saturated carbocycles. The first-order chi connectivity index (χ1) is 17.2. The molecule has 1 atom stereocenters. The van der Waals surface area contributed by atoms with Gasteiger partial charge in [0, 0.05) is 23.5 Å². The van der Waals surface area contributed by atoms with Crippen molar-refractivity contribution in [3.63, 3.8) is 0 Å². The summed E-state index contributed by atoms with van der Waals surface area (Å²) in [4.78, 5) is 39.7. The van der Waals surface area contributed by atoms with Gasteiger partial charge in [-0.3, -0.25) is 15.0 Å². The molecule has 1 heterocycles. The Morgan fingerprint density at radius 2 is 1.61 bits per heavy atom. The number of fused-ring (bicyclic) bond motifs is 1.